The molecule has 1 saturated heterocycles. The van der Waals surface area contributed by atoms with Crippen LogP contribution < -0.4 is 5.32 Å². The number of fused-ring (bicyclic) bond motifs is 1. The van der Waals surface area contributed by atoms with Gasteiger partial charge in [0.15, 0.2) is 5.82 Å². The third-order valence-electron chi connectivity index (χ3n) is 4.92. The van der Waals surface area contributed by atoms with Crippen molar-refractivity contribution in [3.05, 3.63) is 30.7 Å². The van der Waals surface area contributed by atoms with Crippen LogP contribution in [0.25, 0.3) is 11.0 Å². The van der Waals surface area contributed by atoms with Gasteiger partial charge in [-0.05, 0) is 0 Å². The third kappa shape index (κ3) is 6.36. The zero-order chi connectivity index (χ0) is 25.6. The SMILES string of the molecule is C=CCOC1CC(n2cc(C#CCNC(=O)C(F)(F)F)c3c(/N=C/N(C)C)ncnc32)OC1CO. The minimum absolute atomic E-state index is 0.254. The number of alkyl halides is 3. The fourth-order valence-corrected chi connectivity index (χ4v) is 3.42. The van der Waals surface area contributed by atoms with Crippen LogP contribution in [0.2, 0.25) is 0 Å². The maximum absolute atomic E-state index is 12.4. The molecule has 1 aliphatic rings. The van der Waals surface area contributed by atoms with E-state index >= 15 is 0 Å². The molecule has 3 unspecified atom stereocenters. The number of carbonyl (C=O) groups excluding carboxylic acids is 1. The summed E-state index contributed by atoms with van der Waals surface area (Å²) < 4.78 is 50.6. The minimum Gasteiger partial charge on any atom is -0.394 e. The van der Waals surface area contributed by atoms with Crippen molar-refractivity contribution in [2.75, 3.05) is 33.9 Å². The van der Waals surface area contributed by atoms with Crippen LogP contribution in [-0.2, 0) is 14.3 Å². The van der Waals surface area contributed by atoms with Crippen LogP contribution in [0.4, 0.5) is 19.0 Å². The first-order chi connectivity index (χ1) is 16.7. The molecule has 3 heterocycles. The number of aliphatic hydroxyl groups is 1. The number of hydrogen-bond donors (Lipinski definition) is 2. The van der Waals surface area contributed by atoms with Gasteiger partial charge in [0.2, 0.25) is 0 Å². The molecule has 3 atom stereocenters. The molecule has 3 rings (SSSR count). The topological polar surface area (TPSA) is 114 Å². The molecule has 2 aromatic rings. The smallest absolute Gasteiger partial charge is 0.394 e. The Morgan fingerprint density at radius 3 is 2.91 bits per heavy atom. The minimum atomic E-state index is -4.99. The summed E-state index contributed by atoms with van der Waals surface area (Å²) in [5.74, 6) is 3.51. The van der Waals surface area contributed by atoms with Crippen LogP contribution in [0, 0.1) is 11.8 Å². The monoisotopic (exact) mass is 494 g/mol. The Kier molecular flexibility index (Phi) is 8.44. The van der Waals surface area contributed by atoms with E-state index < -0.39 is 31.0 Å². The number of amides is 1. The Morgan fingerprint density at radius 1 is 1.49 bits per heavy atom. The predicted molar refractivity (Wildman–Crippen MR) is 121 cm³/mol. The van der Waals surface area contributed by atoms with Crippen molar-refractivity contribution < 1.29 is 32.5 Å². The number of aliphatic hydroxyl groups excluding tert-OH is 1. The van der Waals surface area contributed by atoms with Gasteiger partial charge in [-0.1, -0.05) is 17.9 Å². The molecule has 0 saturated carbocycles. The Morgan fingerprint density at radius 2 is 2.26 bits per heavy atom. The van der Waals surface area contributed by atoms with Crippen molar-refractivity contribution in [1.29, 1.82) is 0 Å². The van der Waals surface area contributed by atoms with Crippen molar-refractivity contribution in [2.45, 2.75) is 31.0 Å². The van der Waals surface area contributed by atoms with Gasteiger partial charge in [-0.25, -0.2) is 15.0 Å². The quantitative estimate of drug-likeness (QED) is 0.248. The van der Waals surface area contributed by atoms with E-state index in [2.05, 4.69) is 33.4 Å². The van der Waals surface area contributed by atoms with Gasteiger partial charge in [-0.15, -0.1) is 6.58 Å². The standard InChI is InChI=1S/C22H25F3N6O4/c1-4-8-34-15-9-17(35-16(15)11-32)31-10-14(6-5-7-26-21(33)22(23,24)25)18-19(29-13-30(2)3)27-12-28-20(18)31/h4,10,12-13,15-17,32H,1,7-9,11H2,2-3H3,(H,26,33)/b29-13+. The zero-order valence-electron chi connectivity index (χ0n) is 19.1. The number of nitrogens with one attached hydrogen (secondary N) is 1. The molecule has 2 N–H and O–H groups in total. The second kappa shape index (κ2) is 11.3. The average Bonchev–Trinajstić information content (AvgIpc) is 3.39. The summed E-state index contributed by atoms with van der Waals surface area (Å²) in [6.45, 7) is 3.14. The molecule has 0 radical (unpaired) electrons. The Bertz CT molecular complexity index is 1150. The van der Waals surface area contributed by atoms with Gasteiger partial charge in [0.25, 0.3) is 0 Å². The van der Waals surface area contributed by atoms with Gasteiger partial charge >= 0.3 is 12.1 Å². The number of nitrogens with zero attached hydrogens (tertiary/aromatic N) is 5. The summed E-state index contributed by atoms with van der Waals surface area (Å²) in [5.41, 5.74) is 0.813. The largest absolute Gasteiger partial charge is 0.471 e. The van der Waals surface area contributed by atoms with Crippen molar-refractivity contribution in [3.8, 4) is 11.8 Å². The molecule has 0 bridgehead atoms. The first kappa shape index (κ1) is 26.1. The lowest BCUT2D eigenvalue weighted by Gasteiger charge is -2.15. The molecule has 188 valence electrons. The lowest BCUT2D eigenvalue weighted by atomic mass is 10.2. The number of aliphatic imine (C=N–C) groups is 1. The summed E-state index contributed by atoms with van der Waals surface area (Å²) in [6.07, 6.45) is -0.0328. The van der Waals surface area contributed by atoms with E-state index in [9.17, 15) is 23.1 Å². The van der Waals surface area contributed by atoms with Crippen molar-refractivity contribution in [2.24, 2.45) is 4.99 Å². The maximum Gasteiger partial charge on any atom is 0.471 e. The van der Waals surface area contributed by atoms with Crippen LogP contribution in [0.3, 0.4) is 0 Å². The summed E-state index contributed by atoms with van der Waals surface area (Å²) in [4.78, 5) is 25.6. The van der Waals surface area contributed by atoms with Crippen LogP contribution >= 0.6 is 0 Å². The highest BCUT2D eigenvalue weighted by Gasteiger charge is 2.38. The Labute approximate surface area is 199 Å². The van der Waals surface area contributed by atoms with Crippen molar-refractivity contribution >= 4 is 29.1 Å². The molecular formula is C22H25F3N6O4. The number of halogens is 3. The maximum atomic E-state index is 12.4. The molecule has 10 nitrogen and oxygen atoms in total. The van der Waals surface area contributed by atoms with E-state index in [0.717, 1.165) is 0 Å². The molecule has 0 spiro atoms. The first-order valence-corrected chi connectivity index (χ1v) is 10.5. The van der Waals surface area contributed by atoms with Crippen LogP contribution in [0.5, 0.6) is 0 Å². The predicted octanol–water partition coefficient (Wildman–Crippen LogP) is 1.53. The molecule has 0 aliphatic carbocycles. The number of rotatable bonds is 8. The number of ether oxygens (including phenoxy) is 2. The molecule has 1 amide bonds. The second-order valence-corrected chi connectivity index (χ2v) is 7.74. The summed E-state index contributed by atoms with van der Waals surface area (Å²) in [5, 5.41) is 11.9. The number of hydrogen-bond acceptors (Lipinski definition) is 7. The van der Waals surface area contributed by atoms with E-state index in [1.807, 2.05) is 0 Å². The Balaban J connectivity index is 1.98. The van der Waals surface area contributed by atoms with Gasteiger partial charge in [0, 0.05) is 26.7 Å². The first-order valence-electron chi connectivity index (χ1n) is 10.5. The number of carbonyl (C=O) groups is 1. The van der Waals surface area contributed by atoms with E-state index in [1.54, 1.807) is 41.2 Å². The lowest BCUT2D eigenvalue weighted by molar-refractivity contribution is -0.173. The van der Waals surface area contributed by atoms with Gasteiger partial charge in [0.05, 0.1) is 43.2 Å². The summed E-state index contributed by atoms with van der Waals surface area (Å²) in [7, 11) is 3.56. The van der Waals surface area contributed by atoms with E-state index in [1.165, 1.54) is 12.7 Å². The molecule has 1 aliphatic heterocycles. The highest BCUT2D eigenvalue weighted by Crippen LogP contribution is 2.36. The van der Waals surface area contributed by atoms with E-state index in [-0.39, 0.29) is 19.3 Å². The van der Waals surface area contributed by atoms with Gasteiger partial charge in [-0.3, -0.25) is 4.79 Å². The van der Waals surface area contributed by atoms with Gasteiger partial charge < -0.3 is 29.4 Å². The Hall–Kier alpha value is -3.47. The lowest BCUT2D eigenvalue weighted by Crippen LogP contribution is -2.36. The molecule has 35 heavy (non-hydrogen) atoms. The van der Waals surface area contributed by atoms with E-state index in [0.29, 0.717) is 28.8 Å². The van der Waals surface area contributed by atoms with Gasteiger partial charge in [-0.2, -0.15) is 13.2 Å². The molecule has 2 aromatic heterocycles. The molecular weight excluding hydrogens is 469 g/mol. The second-order valence-electron chi connectivity index (χ2n) is 7.74. The summed E-state index contributed by atoms with van der Waals surface area (Å²) >= 11 is 0. The number of aromatic nitrogens is 3. The normalized spacial score (nSPS) is 20.1. The zero-order valence-corrected chi connectivity index (χ0v) is 19.1. The fraction of sp³-hybridized carbons (Fsp3) is 0.455. The molecule has 1 fully saturated rings. The molecule has 0 aromatic carbocycles. The van der Waals surface area contributed by atoms with E-state index in [4.69, 9.17) is 9.47 Å². The van der Waals surface area contributed by atoms with Crippen LogP contribution in [0.1, 0.15) is 18.2 Å². The summed E-state index contributed by atoms with van der Waals surface area (Å²) in [6, 6.07) is 0. The third-order valence-corrected chi connectivity index (χ3v) is 4.92. The highest BCUT2D eigenvalue weighted by molar-refractivity contribution is 5.93. The van der Waals surface area contributed by atoms with Gasteiger partial charge in [0.1, 0.15) is 24.3 Å². The van der Waals surface area contributed by atoms with Crippen molar-refractivity contribution in [1.82, 2.24) is 24.8 Å². The van der Waals surface area contributed by atoms with Crippen LogP contribution in [0.15, 0.2) is 30.2 Å². The highest BCUT2D eigenvalue weighted by atomic mass is 19.4. The fourth-order valence-electron chi connectivity index (χ4n) is 3.42. The average molecular weight is 494 g/mol. The molecule has 13 heteroatoms. The van der Waals surface area contributed by atoms with Crippen molar-refractivity contribution in [3.63, 3.8) is 0 Å². The van der Waals surface area contributed by atoms with Crippen LogP contribution in [-0.4, -0.2) is 89.0 Å².